The highest BCUT2D eigenvalue weighted by atomic mass is 35.5. The van der Waals surface area contributed by atoms with Crippen LogP contribution >= 0.6 is 34.7 Å². The van der Waals surface area contributed by atoms with Crippen molar-refractivity contribution in [1.29, 1.82) is 0 Å². The molecule has 3 N–H and O–H groups in total. The van der Waals surface area contributed by atoms with Gasteiger partial charge in [0.05, 0.1) is 6.61 Å². The van der Waals surface area contributed by atoms with Gasteiger partial charge in [-0.15, -0.1) is 34.7 Å². The average molecular weight is 518 g/mol. The van der Waals surface area contributed by atoms with Crippen molar-refractivity contribution >= 4 is 69.2 Å². The normalized spacial score (nSPS) is 20.2. The van der Waals surface area contributed by atoms with Gasteiger partial charge in [-0.25, -0.2) is 9.78 Å². The van der Waals surface area contributed by atoms with Crippen LogP contribution in [0.25, 0.3) is 0 Å². The van der Waals surface area contributed by atoms with E-state index in [-0.39, 0.29) is 41.3 Å². The highest BCUT2D eigenvalue weighted by Gasteiger charge is 2.54. The molecule has 0 radical (unpaired) electrons. The Morgan fingerprint density at radius 1 is 1.42 bits per heavy atom. The Morgan fingerprint density at radius 3 is 2.82 bits per heavy atom. The molecule has 1 unspecified atom stereocenters. The molecule has 0 saturated carbocycles. The number of carbonyl (C=O) groups is 4. The zero-order valence-corrected chi connectivity index (χ0v) is 19.9. The van der Waals surface area contributed by atoms with E-state index in [9.17, 15) is 24.3 Å². The van der Waals surface area contributed by atoms with Crippen LogP contribution in [0.2, 0.25) is 0 Å². The number of carboxylic acid groups (broad SMARTS) is 1. The lowest BCUT2D eigenvalue weighted by molar-refractivity contribution is -0.150. The monoisotopic (exact) mass is 517 g/mol. The number of thiazole rings is 1. The number of nitrogens with one attached hydrogen (secondary N) is 2. The van der Waals surface area contributed by atoms with Crippen LogP contribution in [-0.2, 0) is 28.8 Å². The Labute approximate surface area is 201 Å². The molecule has 0 bridgehead atoms. The molecule has 1 aromatic rings. The molecule has 33 heavy (non-hydrogen) atoms. The number of fused-ring (bicyclic) bond motifs is 1. The van der Waals surface area contributed by atoms with Crippen LogP contribution in [0.15, 0.2) is 21.8 Å². The lowest BCUT2D eigenvalue weighted by Gasteiger charge is -2.49. The summed E-state index contributed by atoms with van der Waals surface area (Å²) < 4.78 is 5.04. The smallest absolute Gasteiger partial charge is 0.352 e. The summed E-state index contributed by atoms with van der Waals surface area (Å²) in [5, 5.41) is 19.6. The summed E-state index contributed by atoms with van der Waals surface area (Å²) >= 11 is 7.84. The Morgan fingerprint density at radius 2 is 2.18 bits per heavy atom. The third kappa shape index (κ3) is 5.29. The van der Waals surface area contributed by atoms with E-state index in [1.165, 1.54) is 24.3 Å². The van der Waals surface area contributed by atoms with Crippen molar-refractivity contribution in [1.82, 2.24) is 15.2 Å². The van der Waals surface area contributed by atoms with Gasteiger partial charge < -0.3 is 25.3 Å². The van der Waals surface area contributed by atoms with Crippen LogP contribution in [-0.4, -0.2) is 87.8 Å². The summed E-state index contributed by atoms with van der Waals surface area (Å²) in [4.78, 5) is 59.2. The molecule has 2 aliphatic rings. The number of carboxylic acids is 1. The lowest BCUT2D eigenvalue weighted by atomic mass is 10.0. The third-order valence-electron chi connectivity index (χ3n) is 4.47. The minimum atomic E-state index is -1.24. The molecule has 1 aromatic heterocycles. The minimum absolute atomic E-state index is 0.0831. The Kier molecular flexibility index (Phi) is 8.29. The standard InChI is InChI=1S/C18H20ClN5O7S2/c1-3-31-23-11(9-7-33-18(20-9)21-10(25)4-19)14(26)22-12-15(27)24-13(17(28)29)8(5-30-2)6-32-16(12)24/h7,12,16H,3-6H2,1-2H3,(H,22,26)(H,28,29)(H,20,21,25)/t12?,16-/m0/s1. The molecule has 1 fully saturated rings. The van der Waals surface area contributed by atoms with Crippen molar-refractivity contribution < 1.29 is 33.9 Å². The van der Waals surface area contributed by atoms with E-state index < -0.39 is 35.1 Å². The van der Waals surface area contributed by atoms with Crippen LogP contribution in [0.4, 0.5) is 5.13 Å². The summed E-state index contributed by atoms with van der Waals surface area (Å²) in [6, 6.07) is -0.957. The van der Waals surface area contributed by atoms with Crippen LogP contribution in [0, 0.1) is 0 Å². The number of nitrogens with zero attached hydrogens (tertiary/aromatic N) is 3. The first-order valence-corrected chi connectivity index (χ1v) is 12.0. The second-order valence-corrected chi connectivity index (χ2v) is 8.86. The number of halogens is 1. The SMILES string of the molecule is CCON=C(C(=O)NC1C(=O)N2C(C(=O)O)=C(COC)CS[C@@H]12)c1csc(NC(=O)CCl)n1. The van der Waals surface area contributed by atoms with Gasteiger partial charge in [0.15, 0.2) is 10.8 Å². The molecule has 15 heteroatoms. The van der Waals surface area contributed by atoms with Crippen LogP contribution in [0.5, 0.6) is 0 Å². The number of aliphatic carboxylic acids is 1. The number of amides is 3. The van der Waals surface area contributed by atoms with Gasteiger partial charge >= 0.3 is 5.97 Å². The summed E-state index contributed by atoms with van der Waals surface area (Å²) in [6.07, 6.45) is 0. The number of hydrogen-bond donors (Lipinski definition) is 3. The van der Waals surface area contributed by atoms with Crippen molar-refractivity contribution in [3.63, 3.8) is 0 Å². The highest BCUT2D eigenvalue weighted by Crippen LogP contribution is 2.40. The molecule has 1 saturated heterocycles. The molecular formula is C18H20ClN5O7S2. The van der Waals surface area contributed by atoms with Gasteiger partial charge in [0.2, 0.25) is 5.91 Å². The second kappa shape index (κ2) is 11.0. The van der Waals surface area contributed by atoms with Gasteiger partial charge in [-0.05, 0) is 12.5 Å². The van der Waals surface area contributed by atoms with E-state index in [0.717, 1.165) is 16.2 Å². The first-order valence-electron chi connectivity index (χ1n) is 9.53. The van der Waals surface area contributed by atoms with Crippen molar-refractivity contribution in [3.05, 3.63) is 22.3 Å². The lowest BCUT2D eigenvalue weighted by Crippen LogP contribution is -2.71. The first-order chi connectivity index (χ1) is 15.8. The van der Waals surface area contributed by atoms with E-state index in [0.29, 0.717) is 11.3 Å². The summed E-state index contributed by atoms with van der Waals surface area (Å²) in [5.74, 6) is -2.91. The van der Waals surface area contributed by atoms with Crippen molar-refractivity contribution in [3.8, 4) is 0 Å². The number of thioether (sulfide) groups is 1. The average Bonchev–Trinajstić information content (AvgIpc) is 3.25. The molecule has 3 heterocycles. The third-order valence-corrected chi connectivity index (χ3v) is 6.81. The quantitative estimate of drug-likeness (QED) is 0.173. The van der Waals surface area contributed by atoms with Crippen molar-refractivity contribution in [2.24, 2.45) is 5.16 Å². The van der Waals surface area contributed by atoms with Crippen molar-refractivity contribution in [2.45, 2.75) is 18.3 Å². The number of β-lactam (4-membered cyclic amide) rings is 1. The fourth-order valence-corrected chi connectivity index (χ4v) is 5.21. The molecule has 2 atom stereocenters. The number of oxime groups is 1. The van der Waals surface area contributed by atoms with E-state index in [1.54, 1.807) is 6.92 Å². The second-order valence-electron chi connectivity index (χ2n) is 6.63. The van der Waals surface area contributed by atoms with Gasteiger partial charge in [-0.2, -0.15) is 0 Å². The summed E-state index contributed by atoms with van der Waals surface area (Å²) in [5.41, 5.74) is 0.292. The number of anilines is 1. The molecule has 0 spiro atoms. The fourth-order valence-electron chi connectivity index (χ4n) is 3.10. The number of ether oxygens (including phenoxy) is 1. The summed E-state index contributed by atoms with van der Waals surface area (Å²) in [6.45, 7) is 1.94. The van der Waals surface area contributed by atoms with Gasteiger partial charge in [0.1, 0.15) is 35.3 Å². The van der Waals surface area contributed by atoms with E-state index in [2.05, 4.69) is 20.8 Å². The summed E-state index contributed by atoms with van der Waals surface area (Å²) in [7, 11) is 1.44. The predicted molar refractivity (Wildman–Crippen MR) is 121 cm³/mol. The Bertz CT molecular complexity index is 1030. The zero-order chi connectivity index (χ0) is 24.1. The molecule has 178 valence electrons. The van der Waals surface area contributed by atoms with Crippen LogP contribution in [0.1, 0.15) is 12.6 Å². The maximum atomic E-state index is 12.9. The molecule has 3 rings (SSSR count). The molecule has 12 nitrogen and oxygen atoms in total. The van der Waals surface area contributed by atoms with E-state index in [4.69, 9.17) is 21.2 Å². The number of rotatable bonds is 10. The maximum Gasteiger partial charge on any atom is 0.352 e. The van der Waals surface area contributed by atoms with Gasteiger partial charge in [0, 0.05) is 18.2 Å². The number of methoxy groups -OCH3 is 1. The van der Waals surface area contributed by atoms with Crippen LogP contribution in [0.3, 0.4) is 0 Å². The van der Waals surface area contributed by atoms with Gasteiger partial charge in [-0.3, -0.25) is 19.3 Å². The largest absolute Gasteiger partial charge is 0.477 e. The van der Waals surface area contributed by atoms with Gasteiger partial charge in [0.25, 0.3) is 11.8 Å². The zero-order valence-electron chi connectivity index (χ0n) is 17.5. The molecular weight excluding hydrogens is 498 g/mol. The number of aromatic nitrogens is 1. The minimum Gasteiger partial charge on any atom is -0.477 e. The maximum absolute atomic E-state index is 12.9. The van der Waals surface area contributed by atoms with E-state index in [1.807, 2.05) is 0 Å². The van der Waals surface area contributed by atoms with Gasteiger partial charge in [-0.1, -0.05) is 5.16 Å². The fraction of sp³-hybridized carbons (Fsp3) is 0.444. The molecule has 3 amide bonds. The van der Waals surface area contributed by atoms with Crippen LogP contribution < -0.4 is 10.6 Å². The van der Waals surface area contributed by atoms with E-state index >= 15 is 0 Å². The number of hydrogen-bond acceptors (Lipinski definition) is 10. The highest BCUT2D eigenvalue weighted by molar-refractivity contribution is 8.00. The Balaban J connectivity index is 1.77. The first kappa shape index (κ1) is 25.0. The molecule has 2 aliphatic heterocycles. The number of carbonyl (C=O) groups excluding carboxylic acids is 3. The Hall–Kier alpha value is -2.68. The molecule has 0 aromatic carbocycles. The predicted octanol–water partition coefficient (Wildman–Crippen LogP) is 0.446. The number of alkyl halides is 1. The molecule has 0 aliphatic carbocycles. The van der Waals surface area contributed by atoms with Crippen molar-refractivity contribution in [2.75, 3.05) is 37.3 Å². The topological polar surface area (TPSA) is 160 Å².